The zero-order valence-corrected chi connectivity index (χ0v) is 9.96. The van der Waals surface area contributed by atoms with Gasteiger partial charge in [0.25, 0.3) is 0 Å². The highest BCUT2D eigenvalue weighted by Crippen LogP contribution is 2.30. The molecule has 3 nitrogen and oxygen atoms in total. The first kappa shape index (κ1) is 14.5. The van der Waals surface area contributed by atoms with Crippen LogP contribution in [0.4, 0.5) is 13.2 Å². The van der Waals surface area contributed by atoms with Crippen molar-refractivity contribution in [2.75, 3.05) is 32.8 Å². The van der Waals surface area contributed by atoms with E-state index in [4.69, 9.17) is 10.5 Å². The summed E-state index contributed by atoms with van der Waals surface area (Å²) in [6, 6.07) is 0. The molecule has 100 valence electrons. The Labute approximate surface area is 99.4 Å². The number of ether oxygens (including phenoxy) is 1. The van der Waals surface area contributed by atoms with Crippen molar-refractivity contribution in [1.82, 2.24) is 4.90 Å². The van der Waals surface area contributed by atoms with E-state index in [0.717, 1.165) is 0 Å². The lowest BCUT2D eigenvalue weighted by atomic mass is 10.1. The molecule has 0 saturated carbocycles. The predicted octanol–water partition coefficient (Wildman–Crippen LogP) is 1.54. The lowest BCUT2D eigenvalue weighted by Crippen LogP contribution is -2.41. The molecular formula is C11H19F3N2O. The summed E-state index contributed by atoms with van der Waals surface area (Å²) in [6.07, 6.45) is -2.98. The van der Waals surface area contributed by atoms with E-state index in [1.165, 1.54) is 6.08 Å². The molecule has 0 aromatic rings. The topological polar surface area (TPSA) is 38.5 Å². The van der Waals surface area contributed by atoms with Gasteiger partial charge in [0.05, 0.1) is 6.10 Å². The van der Waals surface area contributed by atoms with Crippen LogP contribution < -0.4 is 5.73 Å². The SMILES string of the molecule is CCOC(CN)CN1CC=C(C(F)(F)F)CC1. The van der Waals surface area contributed by atoms with Crippen molar-refractivity contribution in [3.05, 3.63) is 11.6 Å². The fourth-order valence-corrected chi connectivity index (χ4v) is 1.85. The Hall–Kier alpha value is -0.590. The molecule has 0 bridgehead atoms. The van der Waals surface area contributed by atoms with E-state index in [1.807, 2.05) is 11.8 Å². The molecule has 0 aliphatic carbocycles. The molecule has 17 heavy (non-hydrogen) atoms. The van der Waals surface area contributed by atoms with Gasteiger partial charge in [0.2, 0.25) is 0 Å². The summed E-state index contributed by atoms with van der Waals surface area (Å²) in [5.41, 5.74) is 5.10. The third-order valence-corrected chi connectivity index (χ3v) is 2.78. The number of hydrogen-bond donors (Lipinski definition) is 1. The molecule has 1 atom stereocenters. The van der Waals surface area contributed by atoms with E-state index in [-0.39, 0.29) is 12.5 Å². The van der Waals surface area contributed by atoms with Crippen LogP contribution >= 0.6 is 0 Å². The number of halogens is 3. The Bertz CT molecular complexity index is 266. The zero-order valence-electron chi connectivity index (χ0n) is 9.96. The maximum absolute atomic E-state index is 12.4. The summed E-state index contributed by atoms with van der Waals surface area (Å²) >= 11 is 0. The molecular weight excluding hydrogens is 233 g/mol. The van der Waals surface area contributed by atoms with Crippen LogP contribution in [0, 0.1) is 0 Å². The summed E-state index contributed by atoms with van der Waals surface area (Å²) in [5.74, 6) is 0. The van der Waals surface area contributed by atoms with E-state index in [0.29, 0.717) is 32.8 Å². The van der Waals surface area contributed by atoms with Gasteiger partial charge in [-0.2, -0.15) is 13.2 Å². The van der Waals surface area contributed by atoms with Gasteiger partial charge in [-0.25, -0.2) is 0 Å². The highest BCUT2D eigenvalue weighted by Gasteiger charge is 2.34. The Morgan fingerprint density at radius 3 is 2.65 bits per heavy atom. The largest absolute Gasteiger partial charge is 0.412 e. The predicted molar refractivity (Wildman–Crippen MR) is 59.7 cm³/mol. The van der Waals surface area contributed by atoms with Crippen LogP contribution in [0.5, 0.6) is 0 Å². The third kappa shape index (κ3) is 4.65. The van der Waals surface area contributed by atoms with Crippen LogP contribution in [-0.2, 0) is 4.74 Å². The monoisotopic (exact) mass is 252 g/mol. The molecule has 0 fully saturated rings. The highest BCUT2D eigenvalue weighted by atomic mass is 19.4. The summed E-state index contributed by atoms with van der Waals surface area (Å²) in [7, 11) is 0. The van der Waals surface area contributed by atoms with Gasteiger partial charge >= 0.3 is 6.18 Å². The number of alkyl halides is 3. The second-order valence-electron chi connectivity index (χ2n) is 4.05. The van der Waals surface area contributed by atoms with E-state index in [2.05, 4.69) is 0 Å². The second kappa shape index (κ2) is 6.37. The van der Waals surface area contributed by atoms with Gasteiger partial charge in [-0.15, -0.1) is 0 Å². The minimum Gasteiger partial charge on any atom is -0.376 e. The van der Waals surface area contributed by atoms with Crippen molar-refractivity contribution in [2.24, 2.45) is 5.73 Å². The van der Waals surface area contributed by atoms with Crippen LogP contribution in [0.15, 0.2) is 11.6 Å². The Balaban J connectivity index is 2.43. The minimum atomic E-state index is -4.18. The van der Waals surface area contributed by atoms with E-state index in [1.54, 1.807) is 0 Å². The Kier molecular flexibility index (Phi) is 5.42. The summed E-state index contributed by atoms with van der Waals surface area (Å²) < 4.78 is 42.5. The van der Waals surface area contributed by atoms with E-state index < -0.39 is 11.7 Å². The number of rotatable bonds is 5. The normalized spacial score (nSPS) is 20.2. The third-order valence-electron chi connectivity index (χ3n) is 2.78. The lowest BCUT2D eigenvalue weighted by Gasteiger charge is -2.29. The van der Waals surface area contributed by atoms with Gasteiger partial charge in [0, 0.05) is 38.4 Å². The Morgan fingerprint density at radius 1 is 1.53 bits per heavy atom. The van der Waals surface area contributed by atoms with Crippen LogP contribution in [0.2, 0.25) is 0 Å². The second-order valence-corrected chi connectivity index (χ2v) is 4.05. The maximum atomic E-state index is 12.4. The van der Waals surface area contributed by atoms with Crippen LogP contribution in [0.3, 0.4) is 0 Å². The summed E-state index contributed by atoms with van der Waals surface area (Å²) in [6.45, 7) is 4.15. The number of nitrogens with two attached hydrogens (primary N) is 1. The highest BCUT2D eigenvalue weighted by molar-refractivity contribution is 5.13. The van der Waals surface area contributed by atoms with Gasteiger partial charge in [0.15, 0.2) is 0 Å². The molecule has 0 spiro atoms. The molecule has 1 unspecified atom stereocenters. The van der Waals surface area contributed by atoms with E-state index in [9.17, 15) is 13.2 Å². The van der Waals surface area contributed by atoms with Crippen molar-refractivity contribution in [3.63, 3.8) is 0 Å². The molecule has 2 N–H and O–H groups in total. The average molecular weight is 252 g/mol. The minimum absolute atomic E-state index is 0.0485. The Morgan fingerprint density at radius 2 is 2.24 bits per heavy atom. The zero-order chi connectivity index (χ0) is 12.9. The molecule has 1 rings (SSSR count). The summed E-state index contributed by atoms with van der Waals surface area (Å²) in [4.78, 5) is 1.93. The molecule has 1 heterocycles. The van der Waals surface area contributed by atoms with Gasteiger partial charge in [-0.05, 0) is 13.3 Å². The summed E-state index contributed by atoms with van der Waals surface area (Å²) in [5, 5.41) is 0. The van der Waals surface area contributed by atoms with Crippen molar-refractivity contribution in [2.45, 2.75) is 25.6 Å². The molecule has 1 aliphatic heterocycles. The first-order valence-corrected chi connectivity index (χ1v) is 5.77. The molecule has 6 heteroatoms. The van der Waals surface area contributed by atoms with Gasteiger partial charge in [-0.3, -0.25) is 4.90 Å². The number of nitrogens with zero attached hydrogens (tertiary/aromatic N) is 1. The molecule has 0 radical (unpaired) electrons. The molecule has 1 aliphatic rings. The number of hydrogen-bond acceptors (Lipinski definition) is 3. The fourth-order valence-electron chi connectivity index (χ4n) is 1.85. The van der Waals surface area contributed by atoms with Crippen molar-refractivity contribution in [3.8, 4) is 0 Å². The quantitative estimate of drug-likeness (QED) is 0.754. The molecule has 0 aromatic heterocycles. The van der Waals surface area contributed by atoms with Crippen LogP contribution in [-0.4, -0.2) is 50.0 Å². The fraction of sp³-hybridized carbons (Fsp3) is 0.818. The molecule has 0 amide bonds. The maximum Gasteiger partial charge on any atom is 0.412 e. The lowest BCUT2D eigenvalue weighted by molar-refractivity contribution is -0.0963. The molecule has 0 aromatic carbocycles. The smallest absolute Gasteiger partial charge is 0.376 e. The standard InChI is InChI=1S/C11H19F3N2O/c1-2-17-10(7-15)8-16-5-3-9(4-6-16)11(12,13)14/h3,10H,2,4-8,15H2,1H3. The van der Waals surface area contributed by atoms with Crippen molar-refractivity contribution >= 4 is 0 Å². The first-order valence-electron chi connectivity index (χ1n) is 5.77. The van der Waals surface area contributed by atoms with Gasteiger partial charge in [-0.1, -0.05) is 6.08 Å². The van der Waals surface area contributed by atoms with Crippen molar-refractivity contribution < 1.29 is 17.9 Å². The van der Waals surface area contributed by atoms with Crippen LogP contribution in [0.25, 0.3) is 0 Å². The van der Waals surface area contributed by atoms with Crippen molar-refractivity contribution in [1.29, 1.82) is 0 Å². The average Bonchev–Trinajstić information content (AvgIpc) is 2.28. The van der Waals surface area contributed by atoms with Crippen LogP contribution in [0.1, 0.15) is 13.3 Å². The van der Waals surface area contributed by atoms with Gasteiger partial charge < -0.3 is 10.5 Å². The van der Waals surface area contributed by atoms with Gasteiger partial charge in [0.1, 0.15) is 0 Å². The first-order chi connectivity index (χ1) is 7.97. The molecule has 0 saturated heterocycles. The van der Waals surface area contributed by atoms with E-state index >= 15 is 0 Å².